The first-order valence-corrected chi connectivity index (χ1v) is 7.78. The first-order chi connectivity index (χ1) is 9.92. The molecule has 1 aliphatic heterocycles. The normalized spacial score (nSPS) is 12.8. The van der Waals surface area contributed by atoms with E-state index in [0.717, 1.165) is 33.8 Å². The van der Waals surface area contributed by atoms with Gasteiger partial charge in [-0.05, 0) is 0 Å². The molecule has 0 bridgehead atoms. The fourth-order valence-corrected chi connectivity index (χ4v) is 3.42. The number of hydrogen-bond donors (Lipinski definition) is 1. The number of fused-ring (bicyclic) bond motifs is 2. The molecule has 0 saturated carbocycles. The van der Waals surface area contributed by atoms with E-state index in [1.54, 1.807) is 0 Å². The maximum absolute atomic E-state index is 5.51. The molecule has 0 radical (unpaired) electrons. The number of nitrogens with one attached hydrogen (secondary N) is 1. The van der Waals surface area contributed by atoms with E-state index in [2.05, 4.69) is 13.3 Å². The predicted molar refractivity (Wildman–Crippen MR) is 76.4 cm³/mol. The number of rotatable bonds is 3. The Hall–Kier alpha value is -2.04. The summed E-state index contributed by atoms with van der Waals surface area (Å²) in [7, 11) is 0. The number of para-hydroxylation sites is 1. The molecule has 0 fully saturated rings. The molecule has 0 unspecified atom stereocenters. The van der Waals surface area contributed by atoms with E-state index in [-0.39, 0.29) is 15.0 Å². The van der Waals surface area contributed by atoms with Gasteiger partial charge in [0.15, 0.2) is 0 Å². The number of aromatic nitrogens is 2. The Morgan fingerprint density at radius 3 is 3.05 bits per heavy atom. The van der Waals surface area contributed by atoms with Crippen LogP contribution in [0, 0.1) is 0 Å². The van der Waals surface area contributed by atoms with E-state index in [1.165, 1.54) is 0 Å². The van der Waals surface area contributed by atoms with Gasteiger partial charge in [-0.1, -0.05) is 0 Å². The fourth-order valence-electron chi connectivity index (χ4n) is 2.27. The Balaban J connectivity index is 1.62. The van der Waals surface area contributed by atoms with E-state index in [4.69, 9.17) is 9.47 Å². The van der Waals surface area contributed by atoms with Crippen molar-refractivity contribution in [3.8, 4) is 11.5 Å². The van der Waals surface area contributed by atoms with Crippen LogP contribution in [-0.2, 0) is 6.54 Å². The molecule has 1 aromatic heterocycles. The third-order valence-electron chi connectivity index (χ3n) is 3.23. The van der Waals surface area contributed by atoms with Crippen molar-refractivity contribution in [2.24, 2.45) is 0 Å². The van der Waals surface area contributed by atoms with E-state index >= 15 is 0 Å². The van der Waals surface area contributed by atoms with Gasteiger partial charge in [-0.25, -0.2) is 0 Å². The Labute approximate surface area is 121 Å². The maximum atomic E-state index is 5.51. The summed E-state index contributed by atoms with van der Waals surface area (Å²) in [5, 5.41) is 3.41. The number of benzene rings is 2. The van der Waals surface area contributed by atoms with E-state index < -0.39 is 0 Å². The molecule has 1 N–H and O–H groups in total. The van der Waals surface area contributed by atoms with Crippen molar-refractivity contribution in [3.63, 3.8) is 0 Å². The van der Waals surface area contributed by atoms with Crippen molar-refractivity contribution in [2.45, 2.75) is 6.54 Å². The van der Waals surface area contributed by atoms with Gasteiger partial charge < -0.3 is 0 Å². The van der Waals surface area contributed by atoms with Gasteiger partial charge >= 0.3 is 121 Å². The van der Waals surface area contributed by atoms with Crippen LogP contribution in [0.4, 0.5) is 5.69 Å². The van der Waals surface area contributed by atoms with Crippen LogP contribution in [0.5, 0.6) is 11.5 Å². The van der Waals surface area contributed by atoms with Crippen molar-refractivity contribution >= 4 is 31.7 Å². The Bertz CT molecular complexity index is 772. The summed E-state index contributed by atoms with van der Waals surface area (Å²) in [6.45, 7) is 0.968. The second-order valence-electron chi connectivity index (χ2n) is 4.44. The zero-order valence-electron chi connectivity index (χ0n) is 10.5. The molecular weight excluding hydrogens is 321 g/mol. The second-order valence-corrected chi connectivity index (χ2v) is 5.55. The second kappa shape index (κ2) is 4.81. The first-order valence-electron chi connectivity index (χ1n) is 6.24. The van der Waals surface area contributed by atoms with Crippen LogP contribution in [0.25, 0.3) is 11.0 Å². The standard InChI is InChI=1S/C14H11N3O2Se/c1-3-9(14-12(6-1)18-8-19-14)7-15-10-4-2-5-11-13(10)17-20-16-11/h1-6,15H,7-8H2. The Kier molecular flexibility index (Phi) is 2.83. The molecule has 0 spiro atoms. The summed E-state index contributed by atoms with van der Waals surface area (Å²) in [6.07, 6.45) is 0. The average molecular weight is 332 g/mol. The number of hydrogen-bond acceptors (Lipinski definition) is 5. The molecule has 0 aliphatic carbocycles. The molecule has 1 aliphatic rings. The molecule has 0 saturated heterocycles. The predicted octanol–water partition coefficient (Wildman–Crippen LogP) is 2.03. The molecule has 2 heterocycles. The van der Waals surface area contributed by atoms with Gasteiger partial charge in [-0.2, -0.15) is 0 Å². The fraction of sp³-hybridized carbons (Fsp3) is 0.143. The van der Waals surface area contributed by atoms with Crippen LogP contribution in [0.15, 0.2) is 36.4 Å². The molecular formula is C14H11N3O2Se. The van der Waals surface area contributed by atoms with Gasteiger partial charge in [0.05, 0.1) is 0 Å². The summed E-state index contributed by atoms with van der Waals surface area (Å²) in [5.41, 5.74) is 4.05. The third kappa shape index (κ3) is 1.94. The quantitative estimate of drug-likeness (QED) is 0.744. The summed E-state index contributed by atoms with van der Waals surface area (Å²) < 4.78 is 19.7. The zero-order chi connectivity index (χ0) is 13.4. The molecule has 100 valence electrons. The van der Waals surface area contributed by atoms with Gasteiger partial charge in [-0.3, -0.25) is 0 Å². The van der Waals surface area contributed by atoms with Crippen molar-refractivity contribution in [1.82, 2.24) is 7.96 Å². The molecule has 20 heavy (non-hydrogen) atoms. The van der Waals surface area contributed by atoms with Crippen molar-refractivity contribution < 1.29 is 9.47 Å². The van der Waals surface area contributed by atoms with Crippen LogP contribution in [0.3, 0.4) is 0 Å². The number of anilines is 1. The third-order valence-corrected chi connectivity index (χ3v) is 4.37. The molecule has 0 amide bonds. The van der Waals surface area contributed by atoms with E-state index in [9.17, 15) is 0 Å². The molecule has 5 nitrogen and oxygen atoms in total. The number of nitrogens with zero attached hydrogens (tertiary/aromatic N) is 2. The van der Waals surface area contributed by atoms with Crippen molar-refractivity contribution in [2.75, 3.05) is 12.1 Å². The van der Waals surface area contributed by atoms with Gasteiger partial charge in [0, 0.05) is 0 Å². The van der Waals surface area contributed by atoms with E-state index in [1.807, 2.05) is 36.4 Å². The molecule has 0 atom stereocenters. The molecule has 3 aromatic rings. The average Bonchev–Trinajstić information content (AvgIpc) is 3.13. The number of ether oxygens (including phenoxy) is 2. The van der Waals surface area contributed by atoms with Gasteiger partial charge in [0.25, 0.3) is 0 Å². The van der Waals surface area contributed by atoms with Crippen LogP contribution < -0.4 is 14.8 Å². The van der Waals surface area contributed by atoms with Crippen LogP contribution in [0.2, 0.25) is 0 Å². The SMILES string of the molecule is c1cc(CNc2cccc3n[se]nc23)c2c(c1)OCO2. The minimum absolute atomic E-state index is 0.00887. The minimum atomic E-state index is -0.00887. The molecule has 6 heteroatoms. The van der Waals surface area contributed by atoms with Crippen LogP contribution >= 0.6 is 0 Å². The van der Waals surface area contributed by atoms with E-state index in [0.29, 0.717) is 13.3 Å². The summed E-state index contributed by atoms with van der Waals surface area (Å²) in [4.78, 5) is 0. The Morgan fingerprint density at radius 1 is 1.10 bits per heavy atom. The first kappa shape index (κ1) is 11.8. The topological polar surface area (TPSA) is 56.3 Å². The van der Waals surface area contributed by atoms with Crippen molar-refractivity contribution in [1.29, 1.82) is 0 Å². The van der Waals surface area contributed by atoms with Crippen LogP contribution in [0.1, 0.15) is 5.56 Å². The summed E-state index contributed by atoms with van der Waals surface area (Å²) >= 11 is -0.00887. The summed E-state index contributed by atoms with van der Waals surface area (Å²) in [6, 6.07) is 12.0. The van der Waals surface area contributed by atoms with Crippen molar-refractivity contribution in [3.05, 3.63) is 42.0 Å². The van der Waals surface area contributed by atoms with Gasteiger partial charge in [0.1, 0.15) is 0 Å². The molecule has 4 rings (SSSR count). The van der Waals surface area contributed by atoms with Crippen LogP contribution in [-0.4, -0.2) is 29.7 Å². The monoisotopic (exact) mass is 333 g/mol. The zero-order valence-corrected chi connectivity index (χ0v) is 12.2. The summed E-state index contributed by atoms with van der Waals surface area (Å²) in [5.74, 6) is 1.64. The van der Waals surface area contributed by atoms with Gasteiger partial charge in [-0.15, -0.1) is 0 Å². The Morgan fingerprint density at radius 2 is 2.05 bits per heavy atom. The molecule has 2 aromatic carbocycles. The van der Waals surface area contributed by atoms with Gasteiger partial charge in [0.2, 0.25) is 0 Å².